The summed E-state index contributed by atoms with van der Waals surface area (Å²) in [6.45, 7) is 8.58. The Morgan fingerprint density at radius 2 is 2.41 bits per heavy atom. The van der Waals surface area contributed by atoms with Crippen LogP contribution in [0.2, 0.25) is 0 Å². The smallest absolute Gasteiger partial charge is 0.133 e. The Morgan fingerprint density at radius 1 is 1.59 bits per heavy atom. The van der Waals surface area contributed by atoms with Crippen molar-refractivity contribution >= 4 is 21.7 Å². The van der Waals surface area contributed by atoms with Crippen molar-refractivity contribution in [3.05, 3.63) is 22.3 Å². The average Bonchev–Trinajstić information content (AvgIpc) is 2.73. The first kappa shape index (κ1) is 12.8. The first-order valence-electron chi connectivity index (χ1n) is 6.30. The largest absolute Gasteiger partial charge is 0.356 e. The second-order valence-electron chi connectivity index (χ2n) is 4.76. The fourth-order valence-electron chi connectivity index (χ4n) is 2.28. The lowest BCUT2D eigenvalue weighted by Crippen LogP contribution is -2.23. The Bertz CT molecular complexity index is 381. The van der Waals surface area contributed by atoms with Gasteiger partial charge in [0.15, 0.2) is 0 Å². The number of nitrogens with zero attached hydrogens (tertiary/aromatic N) is 2. The molecule has 1 aromatic rings. The Morgan fingerprint density at radius 3 is 3.06 bits per heavy atom. The Kier molecular flexibility index (Phi) is 4.40. The molecule has 2 rings (SSSR count). The van der Waals surface area contributed by atoms with Crippen molar-refractivity contribution in [2.45, 2.75) is 26.8 Å². The normalized spacial score (nSPS) is 19.9. The molecule has 1 aliphatic heterocycles. The van der Waals surface area contributed by atoms with Crippen LogP contribution in [0, 0.1) is 5.92 Å². The Labute approximate surface area is 112 Å². The number of pyridine rings is 1. The molecular weight excluding hydrogens is 278 g/mol. The quantitative estimate of drug-likeness (QED) is 0.926. The van der Waals surface area contributed by atoms with Crippen LogP contribution in [-0.4, -0.2) is 24.6 Å². The van der Waals surface area contributed by atoms with Crippen LogP contribution in [0.3, 0.4) is 0 Å². The summed E-state index contributed by atoms with van der Waals surface area (Å²) in [5, 5.41) is 3.38. The van der Waals surface area contributed by atoms with Crippen molar-refractivity contribution in [2.75, 3.05) is 24.5 Å². The summed E-state index contributed by atoms with van der Waals surface area (Å²) in [7, 11) is 0. The molecule has 1 saturated heterocycles. The van der Waals surface area contributed by atoms with Crippen LogP contribution in [-0.2, 0) is 6.54 Å². The second-order valence-corrected chi connectivity index (χ2v) is 5.67. The van der Waals surface area contributed by atoms with Gasteiger partial charge in [0.2, 0.25) is 0 Å². The van der Waals surface area contributed by atoms with Crippen molar-refractivity contribution in [1.82, 2.24) is 10.3 Å². The molecule has 0 aliphatic carbocycles. The molecule has 0 aromatic carbocycles. The van der Waals surface area contributed by atoms with Gasteiger partial charge in [-0.2, -0.15) is 0 Å². The summed E-state index contributed by atoms with van der Waals surface area (Å²) in [5.41, 5.74) is 1.29. The topological polar surface area (TPSA) is 28.2 Å². The molecule has 0 amide bonds. The lowest BCUT2D eigenvalue weighted by atomic mass is 10.2. The van der Waals surface area contributed by atoms with Gasteiger partial charge in [-0.3, -0.25) is 0 Å². The maximum absolute atomic E-state index is 4.59. The highest BCUT2D eigenvalue weighted by Crippen LogP contribution is 2.26. The summed E-state index contributed by atoms with van der Waals surface area (Å²) in [4.78, 5) is 6.99. The molecule has 17 heavy (non-hydrogen) atoms. The molecule has 1 unspecified atom stereocenters. The molecule has 0 spiro atoms. The number of hydrogen-bond acceptors (Lipinski definition) is 3. The molecule has 1 N–H and O–H groups in total. The molecule has 0 saturated carbocycles. The van der Waals surface area contributed by atoms with Crippen molar-refractivity contribution < 1.29 is 0 Å². The fourth-order valence-corrected chi connectivity index (χ4v) is 2.65. The first-order valence-corrected chi connectivity index (χ1v) is 7.10. The molecular formula is C13H20BrN3. The minimum absolute atomic E-state index is 0.785. The van der Waals surface area contributed by atoms with Gasteiger partial charge in [-0.1, -0.05) is 13.8 Å². The molecule has 1 aliphatic rings. The first-order chi connectivity index (χ1) is 8.20. The van der Waals surface area contributed by atoms with Crippen LogP contribution in [0.5, 0.6) is 0 Å². The minimum atomic E-state index is 0.785. The molecule has 0 bridgehead atoms. The predicted molar refractivity (Wildman–Crippen MR) is 75.3 cm³/mol. The molecule has 0 radical (unpaired) electrons. The van der Waals surface area contributed by atoms with Crippen molar-refractivity contribution in [3.63, 3.8) is 0 Å². The molecule has 2 heterocycles. The van der Waals surface area contributed by atoms with Gasteiger partial charge in [0.05, 0.1) is 0 Å². The van der Waals surface area contributed by atoms with E-state index in [-0.39, 0.29) is 0 Å². The molecule has 4 heteroatoms. The van der Waals surface area contributed by atoms with Gasteiger partial charge in [0, 0.05) is 35.9 Å². The zero-order valence-electron chi connectivity index (χ0n) is 10.5. The van der Waals surface area contributed by atoms with Crippen LogP contribution in [0.25, 0.3) is 0 Å². The van der Waals surface area contributed by atoms with Crippen LogP contribution in [0.4, 0.5) is 5.82 Å². The zero-order chi connectivity index (χ0) is 12.3. The molecule has 1 aromatic heterocycles. The highest BCUT2D eigenvalue weighted by atomic mass is 79.9. The van der Waals surface area contributed by atoms with E-state index in [9.17, 15) is 0 Å². The van der Waals surface area contributed by atoms with Crippen molar-refractivity contribution in [1.29, 1.82) is 0 Å². The van der Waals surface area contributed by atoms with Gasteiger partial charge in [0.1, 0.15) is 5.82 Å². The number of hydrogen-bond donors (Lipinski definition) is 1. The van der Waals surface area contributed by atoms with E-state index in [1.165, 1.54) is 12.0 Å². The van der Waals surface area contributed by atoms with Crippen LogP contribution in [0.15, 0.2) is 16.7 Å². The standard InChI is InChI=1S/C13H20BrN3/c1-3-15-7-11-6-12(14)8-16-13(11)17-5-4-10(2)9-17/h6,8,10,15H,3-5,7,9H2,1-2H3. The third-order valence-corrected chi connectivity index (χ3v) is 3.63. The van der Waals surface area contributed by atoms with E-state index in [2.05, 4.69) is 51.0 Å². The van der Waals surface area contributed by atoms with E-state index < -0.39 is 0 Å². The highest BCUT2D eigenvalue weighted by molar-refractivity contribution is 9.10. The zero-order valence-corrected chi connectivity index (χ0v) is 12.1. The number of aromatic nitrogens is 1. The molecule has 1 fully saturated rings. The number of anilines is 1. The third-order valence-electron chi connectivity index (χ3n) is 3.20. The van der Waals surface area contributed by atoms with Crippen LogP contribution < -0.4 is 10.2 Å². The van der Waals surface area contributed by atoms with Gasteiger partial charge in [-0.05, 0) is 40.9 Å². The summed E-state index contributed by atoms with van der Waals surface area (Å²) in [6.07, 6.45) is 3.17. The van der Waals surface area contributed by atoms with E-state index in [4.69, 9.17) is 0 Å². The number of nitrogens with one attached hydrogen (secondary N) is 1. The van der Waals surface area contributed by atoms with E-state index >= 15 is 0 Å². The molecule has 3 nitrogen and oxygen atoms in total. The van der Waals surface area contributed by atoms with E-state index in [0.717, 1.165) is 42.4 Å². The maximum Gasteiger partial charge on any atom is 0.133 e. The van der Waals surface area contributed by atoms with E-state index in [1.54, 1.807) is 0 Å². The van der Waals surface area contributed by atoms with Gasteiger partial charge < -0.3 is 10.2 Å². The monoisotopic (exact) mass is 297 g/mol. The maximum atomic E-state index is 4.59. The van der Waals surface area contributed by atoms with Crippen molar-refractivity contribution in [3.8, 4) is 0 Å². The Balaban J connectivity index is 2.19. The van der Waals surface area contributed by atoms with Crippen LogP contribution in [0.1, 0.15) is 25.8 Å². The number of halogens is 1. The van der Waals surface area contributed by atoms with Gasteiger partial charge in [0.25, 0.3) is 0 Å². The van der Waals surface area contributed by atoms with E-state index in [0.29, 0.717) is 0 Å². The lowest BCUT2D eigenvalue weighted by Gasteiger charge is -2.20. The summed E-state index contributed by atoms with van der Waals surface area (Å²) in [6, 6.07) is 2.17. The minimum Gasteiger partial charge on any atom is -0.356 e. The summed E-state index contributed by atoms with van der Waals surface area (Å²) >= 11 is 3.50. The lowest BCUT2D eigenvalue weighted by molar-refractivity contribution is 0.657. The molecule has 1 atom stereocenters. The fraction of sp³-hybridized carbons (Fsp3) is 0.615. The van der Waals surface area contributed by atoms with Gasteiger partial charge in [-0.25, -0.2) is 4.98 Å². The molecule has 94 valence electrons. The SMILES string of the molecule is CCNCc1cc(Br)cnc1N1CCC(C)C1. The number of rotatable bonds is 4. The highest BCUT2D eigenvalue weighted by Gasteiger charge is 2.21. The Hall–Kier alpha value is -0.610. The summed E-state index contributed by atoms with van der Waals surface area (Å²) < 4.78 is 1.06. The second kappa shape index (κ2) is 5.83. The van der Waals surface area contributed by atoms with Crippen molar-refractivity contribution in [2.24, 2.45) is 5.92 Å². The average molecular weight is 298 g/mol. The third kappa shape index (κ3) is 3.19. The summed E-state index contributed by atoms with van der Waals surface area (Å²) in [5.74, 6) is 1.94. The predicted octanol–water partition coefficient (Wildman–Crippen LogP) is 2.80. The van der Waals surface area contributed by atoms with Gasteiger partial charge >= 0.3 is 0 Å². The van der Waals surface area contributed by atoms with Gasteiger partial charge in [-0.15, -0.1) is 0 Å². The van der Waals surface area contributed by atoms with Crippen LogP contribution >= 0.6 is 15.9 Å². The van der Waals surface area contributed by atoms with E-state index in [1.807, 2.05) is 6.20 Å².